The molecular weight excluding hydrogens is 174 g/mol. The first-order chi connectivity index (χ1) is 6.84. The van der Waals surface area contributed by atoms with E-state index in [0.717, 1.165) is 30.0 Å². The van der Waals surface area contributed by atoms with E-state index >= 15 is 0 Å². The average molecular weight is 187 g/mol. The van der Waals surface area contributed by atoms with Gasteiger partial charge in [0.2, 0.25) is 0 Å². The molecule has 0 unspecified atom stereocenters. The molecule has 0 amide bonds. The fourth-order valence-electron chi connectivity index (χ4n) is 1.38. The van der Waals surface area contributed by atoms with E-state index < -0.39 is 0 Å². The third-order valence-electron chi connectivity index (χ3n) is 2.05. The molecule has 2 N–H and O–H groups in total. The largest absolute Gasteiger partial charge is 0.458 e. The average Bonchev–Trinajstić information content (AvgIpc) is 2.19. The maximum atomic E-state index is 5.65. The van der Waals surface area contributed by atoms with Crippen molar-refractivity contribution in [1.29, 1.82) is 0 Å². The summed E-state index contributed by atoms with van der Waals surface area (Å²) in [6.45, 7) is 0. The summed E-state index contributed by atoms with van der Waals surface area (Å²) in [6.07, 6.45) is 8.34. The van der Waals surface area contributed by atoms with E-state index in [2.05, 4.69) is 12.2 Å². The Morgan fingerprint density at radius 2 is 2.14 bits per heavy atom. The highest BCUT2D eigenvalue weighted by atomic mass is 16.5. The van der Waals surface area contributed by atoms with Crippen molar-refractivity contribution < 1.29 is 4.74 Å². The molecule has 0 heterocycles. The fraction of sp³-hybridized carbons (Fsp3) is 0.167. The Bertz CT molecular complexity index is 380. The van der Waals surface area contributed by atoms with Crippen molar-refractivity contribution in [3.8, 4) is 5.75 Å². The van der Waals surface area contributed by atoms with E-state index in [9.17, 15) is 0 Å². The molecule has 0 saturated carbocycles. The number of allylic oxidation sites excluding steroid dienone is 3. The Morgan fingerprint density at radius 1 is 1.21 bits per heavy atom. The normalized spacial score (nSPS) is 15.0. The van der Waals surface area contributed by atoms with Crippen molar-refractivity contribution in [3.63, 3.8) is 0 Å². The van der Waals surface area contributed by atoms with Crippen LogP contribution in [0.25, 0.3) is 0 Å². The molecule has 72 valence electrons. The van der Waals surface area contributed by atoms with Gasteiger partial charge in [0.1, 0.15) is 11.5 Å². The Balaban J connectivity index is 2.10. The second-order valence-corrected chi connectivity index (χ2v) is 3.26. The standard InChI is InChI=1S/C12H13NO/c13-10-5-4-8-12(9-10)14-11-6-2-1-3-7-11/h2,4-9H,1,3,13H2. The van der Waals surface area contributed by atoms with Crippen LogP contribution in [0, 0.1) is 0 Å². The molecule has 0 atom stereocenters. The van der Waals surface area contributed by atoms with Crippen LogP contribution in [0.2, 0.25) is 0 Å². The predicted molar refractivity (Wildman–Crippen MR) is 57.9 cm³/mol. The summed E-state index contributed by atoms with van der Waals surface area (Å²) in [5, 5.41) is 0. The molecule has 1 aliphatic carbocycles. The van der Waals surface area contributed by atoms with Gasteiger partial charge in [0.25, 0.3) is 0 Å². The molecule has 2 rings (SSSR count). The Hall–Kier alpha value is -1.70. The van der Waals surface area contributed by atoms with E-state index in [1.165, 1.54) is 0 Å². The topological polar surface area (TPSA) is 35.2 Å². The van der Waals surface area contributed by atoms with Crippen LogP contribution in [-0.4, -0.2) is 0 Å². The molecule has 2 heteroatoms. The van der Waals surface area contributed by atoms with Gasteiger partial charge in [0, 0.05) is 11.8 Å². The number of hydrogen-bond donors (Lipinski definition) is 1. The van der Waals surface area contributed by atoms with Crippen molar-refractivity contribution in [2.24, 2.45) is 0 Å². The van der Waals surface area contributed by atoms with Crippen LogP contribution < -0.4 is 10.5 Å². The predicted octanol–water partition coefficient (Wildman–Crippen LogP) is 2.88. The number of hydrogen-bond acceptors (Lipinski definition) is 2. The summed E-state index contributed by atoms with van der Waals surface area (Å²) in [5.41, 5.74) is 6.37. The van der Waals surface area contributed by atoms with E-state index in [1.54, 1.807) is 0 Å². The molecule has 1 aliphatic rings. The van der Waals surface area contributed by atoms with Gasteiger partial charge >= 0.3 is 0 Å². The first-order valence-electron chi connectivity index (χ1n) is 4.75. The summed E-state index contributed by atoms with van der Waals surface area (Å²) >= 11 is 0. The van der Waals surface area contributed by atoms with Gasteiger partial charge < -0.3 is 10.5 Å². The monoisotopic (exact) mass is 187 g/mol. The molecule has 1 aromatic rings. The number of rotatable bonds is 2. The first-order valence-corrected chi connectivity index (χ1v) is 4.75. The lowest BCUT2D eigenvalue weighted by atomic mass is 10.2. The zero-order valence-electron chi connectivity index (χ0n) is 7.94. The summed E-state index contributed by atoms with van der Waals surface area (Å²) in [4.78, 5) is 0. The van der Waals surface area contributed by atoms with Gasteiger partial charge in [-0.05, 0) is 37.1 Å². The third-order valence-corrected chi connectivity index (χ3v) is 2.05. The summed E-state index contributed by atoms with van der Waals surface area (Å²) in [7, 11) is 0. The minimum atomic E-state index is 0.725. The van der Waals surface area contributed by atoms with Crippen molar-refractivity contribution in [2.75, 3.05) is 5.73 Å². The summed E-state index contributed by atoms with van der Waals surface area (Å²) in [5.74, 6) is 1.70. The molecule has 0 spiro atoms. The molecule has 0 radical (unpaired) electrons. The van der Waals surface area contributed by atoms with Crippen LogP contribution in [0.15, 0.2) is 48.3 Å². The summed E-state index contributed by atoms with van der Waals surface area (Å²) < 4.78 is 5.63. The lowest BCUT2D eigenvalue weighted by Crippen LogP contribution is -1.95. The highest BCUT2D eigenvalue weighted by Gasteiger charge is 2.00. The Labute approximate surface area is 83.7 Å². The molecule has 0 aliphatic heterocycles. The highest BCUT2D eigenvalue weighted by molar-refractivity contribution is 5.44. The van der Waals surface area contributed by atoms with E-state index in [-0.39, 0.29) is 0 Å². The number of anilines is 1. The fourth-order valence-corrected chi connectivity index (χ4v) is 1.38. The van der Waals surface area contributed by atoms with Crippen LogP contribution in [-0.2, 0) is 0 Å². The second kappa shape index (κ2) is 4.01. The van der Waals surface area contributed by atoms with Gasteiger partial charge in [0.15, 0.2) is 0 Å². The van der Waals surface area contributed by atoms with Crippen LogP contribution >= 0.6 is 0 Å². The zero-order chi connectivity index (χ0) is 9.80. The molecular formula is C12H13NO. The first kappa shape index (κ1) is 8.88. The molecule has 1 aromatic carbocycles. The molecule has 0 fully saturated rings. The Kier molecular flexibility index (Phi) is 2.54. The minimum absolute atomic E-state index is 0.725. The molecule has 0 saturated heterocycles. The van der Waals surface area contributed by atoms with Crippen molar-refractivity contribution in [2.45, 2.75) is 12.8 Å². The molecule has 14 heavy (non-hydrogen) atoms. The third kappa shape index (κ3) is 2.16. The van der Waals surface area contributed by atoms with Gasteiger partial charge in [-0.1, -0.05) is 12.1 Å². The van der Waals surface area contributed by atoms with E-state index in [4.69, 9.17) is 10.5 Å². The van der Waals surface area contributed by atoms with Gasteiger partial charge in [0.05, 0.1) is 0 Å². The smallest absolute Gasteiger partial charge is 0.129 e. The van der Waals surface area contributed by atoms with E-state index in [1.807, 2.05) is 30.3 Å². The lowest BCUT2D eigenvalue weighted by Gasteiger charge is -2.09. The number of ether oxygens (including phenoxy) is 1. The van der Waals surface area contributed by atoms with Gasteiger partial charge in [-0.15, -0.1) is 0 Å². The maximum Gasteiger partial charge on any atom is 0.129 e. The van der Waals surface area contributed by atoms with Crippen molar-refractivity contribution in [1.82, 2.24) is 0 Å². The maximum absolute atomic E-state index is 5.65. The lowest BCUT2D eigenvalue weighted by molar-refractivity contribution is 0.439. The second-order valence-electron chi connectivity index (χ2n) is 3.26. The zero-order valence-corrected chi connectivity index (χ0v) is 7.94. The van der Waals surface area contributed by atoms with Gasteiger partial charge in [-0.3, -0.25) is 0 Å². The van der Waals surface area contributed by atoms with Crippen molar-refractivity contribution in [3.05, 3.63) is 48.3 Å². The van der Waals surface area contributed by atoms with Crippen LogP contribution in [0.4, 0.5) is 5.69 Å². The van der Waals surface area contributed by atoms with Crippen LogP contribution in [0.1, 0.15) is 12.8 Å². The van der Waals surface area contributed by atoms with Crippen molar-refractivity contribution >= 4 is 5.69 Å². The number of nitrogen functional groups attached to an aromatic ring is 1. The minimum Gasteiger partial charge on any atom is -0.458 e. The van der Waals surface area contributed by atoms with Gasteiger partial charge in [-0.25, -0.2) is 0 Å². The molecule has 0 aromatic heterocycles. The quantitative estimate of drug-likeness (QED) is 0.722. The SMILES string of the molecule is Nc1cccc(OC2=CCCC=C2)c1. The van der Waals surface area contributed by atoms with E-state index in [0.29, 0.717) is 0 Å². The number of benzene rings is 1. The summed E-state index contributed by atoms with van der Waals surface area (Å²) in [6, 6.07) is 7.46. The van der Waals surface area contributed by atoms with Crippen LogP contribution in [0.3, 0.4) is 0 Å². The van der Waals surface area contributed by atoms with Gasteiger partial charge in [-0.2, -0.15) is 0 Å². The molecule has 0 bridgehead atoms. The molecule has 2 nitrogen and oxygen atoms in total. The highest BCUT2D eigenvalue weighted by Crippen LogP contribution is 2.19. The number of nitrogens with two attached hydrogens (primary N) is 1. The Morgan fingerprint density at radius 3 is 2.86 bits per heavy atom. The van der Waals surface area contributed by atoms with Crippen LogP contribution in [0.5, 0.6) is 5.75 Å².